The Morgan fingerprint density at radius 3 is 2.47 bits per heavy atom. The maximum Gasteiger partial charge on any atom is 0.210 e. The first kappa shape index (κ1) is 12.4. The molecule has 1 rings (SSSR count). The van der Waals surface area contributed by atoms with Gasteiger partial charge in [-0.3, -0.25) is 4.79 Å². The van der Waals surface area contributed by atoms with Crippen LogP contribution < -0.4 is 0 Å². The van der Waals surface area contributed by atoms with Crippen LogP contribution in [0.3, 0.4) is 0 Å². The molecule has 0 aromatic carbocycles. The van der Waals surface area contributed by atoms with Gasteiger partial charge >= 0.3 is 0 Å². The highest BCUT2D eigenvalue weighted by molar-refractivity contribution is 7.91. The van der Waals surface area contributed by atoms with Crippen molar-refractivity contribution < 1.29 is 18.3 Å². The lowest BCUT2D eigenvalue weighted by Gasteiger charge is -2.38. The number of sulfone groups is 1. The van der Waals surface area contributed by atoms with Crippen LogP contribution in [-0.4, -0.2) is 54.5 Å². The predicted molar refractivity (Wildman–Crippen MR) is 56.1 cm³/mol. The van der Waals surface area contributed by atoms with Gasteiger partial charge < -0.3 is 10.0 Å². The lowest BCUT2D eigenvalue weighted by molar-refractivity contribution is -0.127. The van der Waals surface area contributed by atoms with E-state index in [4.69, 9.17) is 5.11 Å². The summed E-state index contributed by atoms with van der Waals surface area (Å²) >= 11 is 0. The Bertz CT molecular complexity index is 336. The molecule has 6 heteroatoms. The molecule has 0 bridgehead atoms. The summed E-state index contributed by atoms with van der Waals surface area (Å²) in [5, 5.41) is 9.14. The van der Waals surface area contributed by atoms with Crippen LogP contribution in [0.4, 0.5) is 0 Å². The van der Waals surface area contributed by atoms with Crippen molar-refractivity contribution in [3.8, 4) is 0 Å². The minimum absolute atomic E-state index is 0.00910. The number of carbonyl (C=O) groups excluding carboxylic acids is 1. The topological polar surface area (TPSA) is 74.7 Å². The zero-order chi connectivity index (χ0) is 11.7. The monoisotopic (exact) mass is 235 g/mol. The molecular formula is C9H17NO4S. The van der Waals surface area contributed by atoms with Crippen molar-refractivity contribution in [2.45, 2.75) is 31.8 Å². The minimum atomic E-state index is -3.00. The van der Waals surface area contributed by atoms with E-state index in [1.54, 1.807) is 13.8 Å². The van der Waals surface area contributed by atoms with Crippen molar-refractivity contribution in [3.05, 3.63) is 0 Å². The Labute approximate surface area is 90.0 Å². The molecule has 1 fully saturated rings. The molecule has 1 amide bonds. The van der Waals surface area contributed by atoms with Crippen LogP contribution in [0.1, 0.15) is 20.3 Å². The van der Waals surface area contributed by atoms with E-state index in [0.29, 0.717) is 12.8 Å². The minimum Gasteiger partial charge on any atom is -0.394 e. The lowest BCUT2D eigenvalue weighted by Crippen LogP contribution is -2.51. The van der Waals surface area contributed by atoms with E-state index in [-0.39, 0.29) is 24.2 Å². The zero-order valence-electron chi connectivity index (χ0n) is 9.01. The summed E-state index contributed by atoms with van der Waals surface area (Å²) in [5.41, 5.74) is -0.702. The lowest BCUT2D eigenvalue weighted by atomic mass is 10.0. The second-order valence-corrected chi connectivity index (χ2v) is 6.77. The van der Waals surface area contributed by atoms with E-state index in [9.17, 15) is 13.2 Å². The molecule has 0 aromatic heterocycles. The average Bonchev–Trinajstić information content (AvgIpc) is 2.47. The summed E-state index contributed by atoms with van der Waals surface area (Å²) < 4.78 is 22.5. The van der Waals surface area contributed by atoms with E-state index >= 15 is 0 Å². The number of hydrogen-bond donors (Lipinski definition) is 1. The van der Waals surface area contributed by atoms with Crippen molar-refractivity contribution in [2.75, 3.05) is 18.1 Å². The van der Waals surface area contributed by atoms with Crippen molar-refractivity contribution >= 4 is 16.2 Å². The Morgan fingerprint density at radius 1 is 1.53 bits per heavy atom. The van der Waals surface area contributed by atoms with Crippen molar-refractivity contribution in [1.29, 1.82) is 0 Å². The highest BCUT2D eigenvalue weighted by atomic mass is 32.2. The third-order valence-corrected chi connectivity index (χ3v) is 4.55. The van der Waals surface area contributed by atoms with Crippen LogP contribution >= 0.6 is 0 Å². The van der Waals surface area contributed by atoms with Crippen molar-refractivity contribution in [1.82, 2.24) is 4.90 Å². The SMILES string of the molecule is CC(C)(CO)N(C=O)[C@@H]1CCS(=O)(=O)C1. The molecule has 0 spiro atoms. The van der Waals surface area contributed by atoms with E-state index in [1.807, 2.05) is 0 Å². The Morgan fingerprint density at radius 2 is 2.13 bits per heavy atom. The van der Waals surface area contributed by atoms with Crippen LogP contribution in [0.15, 0.2) is 0 Å². The fourth-order valence-corrected chi connectivity index (χ4v) is 3.51. The standard InChI is InChI=1S/C9H17NO4S/c1-9(2,6-11)10(7-12)8-3-4-15(13,14)5-8/h7-8,11H,3-6H2,1-2H3/t8-/m1/s1. The smallest absolute Gasteiger partial charge is 0.210 e. The number of rotatable bonds is 4. The maximum absolute atomic E-state index is 11.3. The molecule has 1 atom stereocenters. The molecule has 0 saturated carbocycles. The first-order valence-electron chi connectivity index (χ1n) is 4.87. The molecule has 0 aliphatic carbocycles. The van der Waals surface area contributed by atoms with Gasteiger partial charge in [-0.2, -0.15) is 0 Å². The largest absolute Gasteiger partial charge is 0.394 e. The Kier molecular flexibility index (Phi) is 3.40. The van der Waals surface area contributed by atoms with Gasteiger partial charge in [0.05, 0.1) is 23.7 Å². The summed E-state index contributed by atoms with van der Waals surface area (Å²) in [4.78, 5) is 12.3. The Balaban J connectivity index is 2.82. The molecule has 1 aliphatic rings. The number of carbonyl (C=O) groups is 1. The van der Waals surface area contributed by atoms with Gasteiger partial charge in [-0.25, -0.2) is 8.42 Å². The summed E-state index contributed by atoms with van der Waals surface area (Å²) in [7, 11) is -3.00. The summed E-state index contributed by atoms with van der Waals surface area (Å²) in [6.07, 6.45) is 1.09. The van der Waals surface area contributed by atoms with E-state index in [1.165, 1.54) is 4.90 Å². The zero-order valence-corrected chi connectivity index (χ0v) is 9.83. The van der Waals surface area contributed by atoms with Crippen LogP contribution in [0.2, 0.25) is 0 Å². The molecule has 1 N–H and O–H groups in total. The van der Waals surface area contributed by atoms with Gasteiger partial charge in [0.1, 0.15) is 0 Å². The normalized spacial score (nSPS) is 25.1. The number of aliphatic hydroxyl groups is 1. The van der Waals surface area contributed by atoms with Gasteiger partial charge in [0.2, 0.25) is 6.41 Å². The van der Waals surface area contributed by atoms with Crippen LogP contribution in [0.25, 0.3) is 0 Å². The third kappa shape index (κ3) is 2.69. The fourth-order valence-electron chi connectivity index (χ4n) is 1.80. The first-order valence-corrected chi connectivity index (χ1v) is 6.69. The second kappa shape index (κ2) is 4.09. The second-order valence-electron chi connectivity index (χ2n) is 4.54. The van der Waals surface area contributed by atoms with Crippen LogP contribution in [-0.2, 0) is 14.6 Å². The predicted octanol–water partition coefficient (Wildman–Crippen LogP) is -0.597. The van der Waals surface area contributed by atoms with E-state index in [2.05, 4.69) is 0 Å². The molecule has 88 valence electrons. The van der Waals surface area contributed by atoms with Gasteiger partial charge in [-0.05, 0) is 20.3 Å². The van der Waals surface area contributed by atoms with Crippen molar-refractivity contribution in [3.63, 3.8) is 0 Å². The highest BCUT2D eigenvalue weighted by Gasteiger charge is 2.37. The quantitative estimate of drug-likeness (QED) is 0.660. The molecule has 0 aromatic rings. The number of hydrogen-bond acceptors (Lipinski definition) is 4. The summed E-state index contributed by atoms with van der Waals surface area (Å²) in [6.45, 7) is 3.25. The maximum atomic E-state index is 11.3. The highest BCUT2D eigenvalue weighted by Crippen LogP contribution is 2.23. The fraction of sp³-hybridized carbons (Fsp3) is 0.889. The molecule has 5 nitrogen and oxygen atoms in total. The third-order valence-electron chi connectivity index (χ3n) is 2.80. The molecule has 1 heterocycles. The molecular weight excluding hydrogens is 218 g/mol. The van der Waals surface area contributed by atoms with Gasteiger partial charge in [-0.1, -0.05) is 0 Å². The summed E-state index contributed by atoms with van der Waals surface area (Å²) in [6, 6.07) is -0.297. The number of nitrogens with zero attached hydrogens (tertiary/aromatic N) is 1. The first-order chi connectivity index (χ1) is 6.82. The van der Waals surface area contributed by atoms with E-state index < -0.39 is 15.4 Å². The van der Waals surface area contributed by atoms with Crippen LogP contribution in [0, 0.1) is 0 Å². The average molecular weight is 235 g/mol. The molecule has 0 radical (unpaired) electrons. The van der Waals surface area contributed by atoms with Gasteiger partial charge in [0, 0.05) is 6.04 Å². The van der Waals surface area contributed by atoms with Gasteiger partial charge in [-0.15, -0.1) is 0 Å². The van der Waals surface area contributed by atoms with Gasteiger partial charge in [0.25, 0.3) is 0 Å². The molecule has 1 saturated heterocycles. The van der Waals surface area contributed by atoms with Crippen molar-refractivity contribution in [2.24, 2.45) is 0 Å². The Hall–Kier alpha value is -0.620. The molecule has 1 aliphatic heterocycles. The molecule has 0 unspecified atom stereocenters. The summed E-state index contributed by atoms with van der Waals surface area (Å²) in [5.74, 6) is 0.138. The van der Waals surface area contributed by atoms with Gasteiger partial charge in [0.15, 0.2) is 9.84 Å². The molecule has 15 heavy (non-hydrogen) atoms. The number of aliphatic hydroxyl groups excluding tert-OH is 1. The number of amides is 1. The van der Waals surface area contributed by atoms with Crippen LogP contribution in [0.5, 0.6) is 0 Å². The van der Waals surface area contributed by atoms with E-state index in [0.717, 1.165) is 0 Å².